The number of pyridine rings is 1. The van der Waals surface area contributed by atoms with Gasteiger partial charge in [0, 0.05) is 12.1 Å². The predicted octanol–water partition coefficient (Wildman–Crippen LogP) is 2.43. The highest BCUT2D eigenvalue weighted by Crippen LogP contribution is 2.27. The molecule has 0 aliphatic carbocycles. The Kier molecular flexibility index (Phi) is 2.80. The fourth-order valence-corrected chi connectivity index (χ4v) is 2.42. The molecule has 3 nitrogen and oxygen atoms in total. The zero-order chi connectivity index (χ0) is 10.8. The van der Waals surface area contributed by atoms with Gasteiger partial charge in [0.05, 0.1) is 11.9 Å². The Bertz CT molecular complexity index is 310. The molecule has 2 rings (SSSR count). The van der Waals surface area contributed by atoms with Crippen molar-refractivity contribution in [2.75, 3.05) is 10.6 Å². The van der Waals surface area contributed by atoms with Gasteiger partial charge in [0.25, 0.3) is 0 Å². The van der Waals surface area contributed by atoms with Crippen molar-refractivity contribution in [3.63, 3.8) is 0 Å². The normalized spacial score (nSPS) is 26.7. The Morgan fingerprint density at radius 2 is 1.93 bits per heavy atom. The van der Waals surface area contributed by atoms with Crippen LogP contribution in [-0.2, 0) is 0 Å². The average Bonchev–Trinajstić information content (AvgIpc) is 2.20. The molecule has 0 aromatic carbocycles. The van der Waals surface area contributed by atoms with Crippen molar-refractivity contribution in [2.45, 2.75) is 45.2 Å². The number of hydrogen-bond acceptors (Lipinski definition) is 3. The zero-order valence-corrected chi connectivity index (χ0v) is 9.48. The Labute approximate surface area is 91.3 Å². The van der Waals surface area contributed by atoms with E-state index in [1.807, 2.05) is 12.1 Å². The van der Waals surface area contributed by atoms with Crippen molar-refractivity contribution in [1.29, 1.82) is 0 Å². The van der Waals surface area contributed by atoms with Gasteiger partial charge in [0.15, 0.2) is 0 Å². The van der Waals surface area contributed by atoms with E-state index in [0.717, 1.165) is 11.5 Å². The van der Waals surface area contributed by atoms with E-state index in [1.54, 1.807) is 6.20 Å². The van der Waals surface area contributed by atoms with E-state index in [1.165, 1.54) is 19.3 Å². The third-order valence-electron chi connectivity index (χ3n) is 3.23. The fraction of sp³-hybridized carbons (Fsp3) is 0.583. The highest BCUT2D eigenvalue weighted by atomic mass is 15.2. The Balaban J connectivity index is 2.23. The number of nitrogen functional groups attached to an aromatic ring is 1. The average molecular weight is 205 g/mol. The van der Waals surface area contributed by atoms with Gasteiger partial charge in [-0.3, -0.25) is 0 Å². The molecule has 0 unspecified atom stereocenters. The molecule has 2 heterocycles. The second-order valence-corrected chi connectivity index (χ2v) is 4.49. The molecule has 0 bridgehead atoms. The summed E-state index contributed by atoms with van der Waals surface area (Å²) in [5.74, 6) is 1.06. The van der Waals surface area contributed by atoms with Crippen LogP contribution in [0.2, 0.25) is 0 Å². The highest BCUT2D eigenvalue weighted by Gasteiger charge is 2.25. The molecule has 2 N–H and O–H groups in total. The molecule has 0 saturated carbocycles. The van der Waals surface area contributed by atoms with Gasteiger partial charge in [-0.2, -0.15) is 0 Å². The molecular formula is C12H19N3. The molecule has 1 aromatic rings. The van der Waals surface area contributed by atoms with Crippen LogP contribution in [-0.4, -0.2) is 17.1 Å². The molecule has 0 amide bonds. The van der Waals surface area contributed by atoms with Crippen LogP contribution >= 0.6 is 0 Å². The van der Waals surface area contributed by atoms with Crippen molar-refractivity contribution in [3.8, 4) is 0 Å². The summed E-state index contributed by atoms with van der Waals surface area (Å²) in [6, 6.07) is 5.12. The van der Waals surface area contributed by atoms with Crippen molar-refractivity contribution in [1.82, 2.24) is 4.98 Å². The Hall–Kier alpha value is -1.25. The van der Waals surface area contributed by atoms with Gasteiger partial charge in [0.2, 0.25) is 0 Å². The van der Waals surface area contributed by atoms with Crippen LogP contribution in [0.1, 0.15) is 33.1 Å². The number of anilines is 2. The summed E-state index contributed by atoms with van der Waals surface area (Å²) < 4.78 is 0. The van der Waals surface area contributed by atoms with Crippen molar-refractivity contribution >= 4 is 11.5 Å². The van der Waals surface area contributed by atoms with Crippen LogP contribution in [0, 0.1) is 0 Å². The van der Waals surface area contributed by atoms with Crippen LogP contribution in [0.5, 0.6) is 0 Å². The maximum absolute atomic E-state index is 5.64. The molecule has 1 fully saturated rings. The summed E-state index contributed by atoms with van der Waals surface area (Å²) in [4.78, 5) is 6.81. The smallest absolute Gasteiger partial charge is 0.129 e. The molecule has 1 aliphatic rings. The number of piperidine rings is 1. The summed E-state index contributed by atoms with van der Waals surface area (Å²) in [5.41, 5.74) is 6.38. The lowest BCUT2D eigenvalue weighted by molar-refractivity contribution is 0.411. The molecule has 82 valence electrons. The van der Waals surface area contributed by atoms with Crippen LogP contribution in [0.15, 0.2) is 18.3 Å². The number of hydrogen-bond donors (Lipinski definition) is 1. The monoisotopic (exact) mass is 205 g/mol. The van der Waals surface area contributed by atoms with Crippen LogP contribution in [0.4, 0.5) is 11.5 Å². The van der Waals surface area contributed by atoms with E-state index < -0.39 is 0 Å². The molecule has 1 aliphatic heterocycles. The second-order valence-electron chi connectivity index (χ2n) is 4.49. The van der Waals surface area contributed by atoms with E-state index in [2.05, 4.69) is 23.7 Å². The molecule has 15 heavy (non-hydrogen) atoms. The predicted molar refractivity (Wildman–Crippen MR) is 63.9 cm³/mol. The third-order valence-corrected chi connectivity index (χ3v) is 3.23. The number of nitrogens with two attached hydrogens (primary N) is 1. The minimum Gasteiger partial charge on any atom is -0.397 e. The summed E-state index contributed by atoms with van der Waals surface area (Å²) in [6.45, 7) is 4.54. The van der Waals surface area contributed by atoms with Crippen molar-refractivity contribution in [2.24, 2.45) is 0 Å². The maximum atomic E-state index is 5.64. The second kappa shape index (κ2) is 4.09. The van der Waals surface area contributed by atoms with Crippen LogP contribution in [0.25, 0.3) is 0 Å². The summed E-state index contributed by atoms with van der Waals surface area (Å²) in [7, 11) is 0. The molecule has 1 saturated heterocycles. The molecule has 2 atom stereocenters. The lowest BCUT2D eigenvalue weighted by atomic mass is 9.97. The molecule has 0 spiro atoms. The Morgan fingerprint density at radius 1 is 1.27 bits per heavy atom. The van der Waals surface area contributed by atoms with Gasteiger partial charge in [-0.05, 0) is 45.2 Å². The first kappa shape index (κ1) is 10.3. The molecule has 3 heteroatoms. The van der Waals surface area contributed by atoms with Gasteiger partial charge >= 0.3 is 0 Å². The van der Waals surface area contributed by atoms with E-state index in [4.69, 9.17) is 5.73 Å². The number of rotatable bonds is 1. The first-order valence-corrected chi connectivity index (χ1v) is 5.68. The van der Waals surface area contributed by atoms with E-state index in [9.17, 15) is 0 Å². The molecular weight excluding hydrogens is 186 g/mol. The lowest BCUT2D eigenvalue weighted by Gasteiger charge is -2.40. The fourth-order valence-electron chi connectivity index (χ4n) is 2.42. The van der Waals surface area contributed by atoms with Gasteiger partial charge in [-0.15, -0.1) is 0 Å². The van der Waals surface area contributed by atoms with Gasteiger partial charge in [0.1, 0.15) is 5.82 Å². The minimum absolute atomic E-state index is 0.588. The Morgan fingerprint density at radius 3 is 2.47 bits per heavy atom. The molecule has 1 aromatic heterocycles. The minimum atomic E-state index is 0.588. The van der Waals surface area contributed by atoms with Crippen molar-refractivity contribution < 1.29 is 0 Å². The van der Waals surface area contributed by atoms with Crippen molar-refractivity contribution in [3.05, 3.63) is 18.3 Å². The standard InChI is InChI=1S/C12H19N3/c1-9-4-3-5-10(2)15(9)12-7-6-11(13)8-14-12/h6-10H,3-5,13H2,1-2H3/t9-,10-/m1/s1. The first-order valence-electron chi connectivity index (χ1n) is 5.68. The van der Waals surface area contributed by atoms with E-state index >= 15 is 0 Å². The number of aromatic nitrogens is 1. The highest BCUT2D eigenvalue weighted by molar-refractivity contribution is 5.47. The van der Waals surface area contributed by atoms with Gasteiger partial charge in [-0.1, -0.05) is 0 Å². The molecule has 0 radical (unpaired) electrons. The lowest BCUT2D eigenvalue weighted by Crippen LogP contribution is -2.44. The first-order chi connectivity index (χ1) is 7.18. The SMILES string of the molecule is C[C@@H]1CCC[C@@H](C)N1c1ccc(N)cn1. The van der Waals surface area contributed by atoms with Crippen LogP contribution < -0.4 is 10.6 Å². The van der Waals surface area contributed by atoms with E-state index in [0.29, 0.717) is 12.1 Å². The topological polar surface area (TPSA) is 42.1 Å². The van der Waals surface area contributed by atoms with Gasteiger partial charge < -0.3 is 10.6 Å². The maximum Gasteiger partial charge on any atom is 0.129 e. The zero-order valence-electron chi connectivity index (χ0n) is 9.48. The largest absolute Gasteiger partial charge is 0.397 e. The quantitative estimate of drug-likeness (QED) is 0.765. The van der Waals surface area contributed by atoms with Crippen LogP contribution in [0.3, 0.4) is 0 Å². The summed E-state index contributed by atoms with van der Waals surface area (Å²) >= 11 is 0. The third kappa shape index (κ3) is 2.06. The summed E-state index contributed by atoms with van der Waals surface area (Å²) in [6.07, 6.45) is 5.59. The van der Waals surface area contributed by atoms with E-state index in [-0.39, 0.29) is 0 Å². The van der Waals surface area contributed by atoms with Gasteiger partial charge in [-0.25, -0.2) is 4.98 Å². The summed E-state index contributed by atoms with van der Waals surface area (Å²) in [5, 5.41) is 0. The number of nitrogens with zero attached hydrogens (tertiary/aromatic N) is 2.